The van der Waals surface area contributed by atoms with E-state index in [-0.39, 0.29) is 0 Å². The van der Waals surface area contributed by atoms with Crippen LogP contribution in [0, 0.1) is 6.92 Å². The van der Waals surface area contributed by atoms with Crippen molar-refractivity contribution in [3.05, 3.63) is 35.7 Å². The van der Waals surface area contributed by atoms with Crippen molar-refractivity contribution < 1.29 is 9.47 Å². The summed E-state index contributed by atoms with van der Waals surface area (Å²) in [4.78, 5) is 0. The second kappa shape index (κ2) is 5.69. The van der Waals surface area contributed by atoms with E-state index in [1.165, 1.54) is 0 Å². The van der Waals surface area contributed by atoms with Crippen LogP contribution in [0.5, 0.6) is 5.75 Å². The molecule has 1 heterocycles. The molecule has 0 aliphatic carbocycles. The van der Waals surface area contributed by atoms with Gasteiger partial charge in [0, 0.05) is 18.4 Å². The minimum absolute atomic E-state index is 0.507. The largest absolute Gasteiger partial charge is 0.494 e. The Morgan fingerprint density at radius 1 is 1.22 bits per heavy atom. The second-order valence-corrected chi connectivity index (χ2v) is 4.06. The molecular weight excluding hydrogens is 228 g/mol. The molecule has 96 valence electrons. The molecule has 2 aromatic rings. The average molecular weight is 246 g/mol. The molecule has 0 fully saturated rings. The highest BCUT2D eigenvalue weighted by molar-refractivity contribution is 5.68. The van der Waals surface area contributed by atoms with Gasteiger partial charge in [-0.25, -0.2) is 0 Å². The predicted molar refractivity (Wildman–Crippen MR) is 70.6 cm³/mol. The van der Waals surface area contributed by atoms with E-state index in [0.717, 1.165) is 28.3 Å². The zero-order valence-corrected chi connectivity index (χ0v) is 11.0. The first-order chi connectivity index (χ1) is 8.76. The summed E-state index contributed by atoms with van der Waals surface area (Å²) in [5, 5.41) is 7.26. The van der Waals surface area contributed by atoms with Crippen molar-refractivity contribution in [1.29, 1.82) is 0 Å². The zero-order chi connectivity index (χ0) is 13.0. The third-order valence-corrected chi connectivity index (χ3v) is 2.76. The Labute approximate surface area is 107 Å². The van der Waals surface area contributed by atoms with Crippen molar-refractivity contribution in [2.24, 2.45) is 0 Å². The smallest absolute Gasteiger partial charge is 0.119 e. The van der Waals surface area contributed by atoms with Crippen LogP contribution in [0.25, 0.3) is 11.1 Å². The Balaban J connectivity index is 2.32. The number of aromatic amines is 1. The third kappa shape index (κ3) is 2.54. The van der Waals surface area contributed by atoms with Crippen LogP contribution >= 0.6 is 0 Å². The highest BCUT2D eigenvalue weighted by atomic mass is 16.5. The van der Waals surface area contributed by atoms with Gasteiger partial charge in [0.2, 0.25) is 0 Å². The summed E-state index contributed by atoms with van der Waals surface area (Å²) in [5.74, 6) is 0.885. The standard InChI is InChI=1S/C14H18N2O2/c1-4-18-12-7-5-11(6-8-12)14-10(2)15-16-13(14)9-17-3/h5-8H,4,9H2,1-3H3,(H,15,16). The van der Waals surface area contributed by atoms with Crippen LogP contribution in [0.1, 0.15) is 18.3 Å². The molecule has 1 aromatic carbocycles. The van der Waals surface area contributed by atoms with Gasteiger partial charge in [0.1, 0.15) is 5.75 Å². The van der Waals surface area contributed by atoms with Crippen molar-refractivity contribution in [1.82, 2.24) is 10.2 Å². The summed E-state index contributed by atoms with van der Waals surface area (Å²) in [6.07, 6.45) is 0. The van der Waals surface area contributed by atoms with Gasteiger partial charge in [-0.15, -0.1) is 0 Å². The number of aryl methyl sites for hydroxylation is 1. The lowest BCUT2D eigenvalue weighted by atomic mass is 10.0. The van der Waals surface area contributed by atoms with Crippen molar-refractivity contribution in [3.63, 3.8) is 0 Å². The number of benzene rings is 1. The van der Waals surface area contributed by atoms with Crippen molar-refractivity contribution in [2.75, 3.05) is 13.7 Å². The lowest BCUT2D eigenvalue weighted by Gasteiger charge is -2.06. The molecule has 4 nitrogen and oxygen atoms in total. The van der Waals surface area contributed by atoms with Crippen LogP contribution in [0.2, 0.25) is 0 Å². The first kappa shape index (κ1) is 12.6. The molecule has 2 rings (SSSR count). The molecule has 0 bridgehead atoms. The first-order valence-electron chi connectivity index (χ1n) is 6.02. The zero-order valence-electron chi connectivity index (χ0n) is 11.0. The molecule has 0 saturated heterocycles. The number of H-pyrrole nitrogens is 1. The molecule has 1 aromatic heterocycles. The summed E-state index contributed by atoms with van der Waals surface area (Å²) >= 11 is 0. The van der Waals surface area contributed by atoms with Crippen LogP contribution < -0.4 is 4.74 Å². The van der Waals surface area contributed by atoms with E-state index < -0.39 is 0 Å². The summed E-state index contributed by atoms with van der Waals surface area (Å²) in [7, 11) is 1.67. The van der Waals surface area contributed by atoms with Crippen molar-refractivity contribution in [3.8, 4) is 16.9 Å². The summed E-state index contributed by atoms with van der Waals surface area (Å²) in [5.41, 5.74) is 4.21. The summed E-state index contributed by atoms with van der Waals surface area (Å²) < 4.78 is 10.6. The fraction of sp³-hybridized carbons (Fsp3) is 0.357. The van der Waals surface area contributed by atoms with Crippen LogP contribution in [0.3, 0.4) is 0 Å². The first-order valence-corrected chi connectivity index (χ1v) is 6.02. The monoisotopic (exact) mass is 246 g/mol. The van der Waals surface area contributed by atoms with Crippen LogP contribution in [-0.4, -0.2) is 23.9 Å². The Morgan fingerprint density at radius 2 is 1.94 bits per heavy atom. The topological polar surface area (TPSA) is 47.1 Å². The highest BCUT2D eigenvalue weighted by Crippen LogP contribution is 2.27. The van der Waals surface area contributed by atoms with E-state index in [9.17, 15) is 0 Å². The number of nitrogens with one attached hydrogen (secondary N) is 1. The number of ether oxygens (including phenoxy) is 2. The maximum atomic E-state index is 5.44. The molecule has 0 aliphatic rings. The van der Waals surface area contributed by atoms with E-state index in [0.29, 0.717) is 13.2 Å². The van der Waals surface area contributed by atoms with Crippen molar-refractivity contribution >= 4 is 0 Å². The van der Waals surface area contributed by atoms with Gasteiger partial charge in [-0.05, 0) is 31.5 Å². The van der Waals surface area contributed by atoms with E-state index in [1.807, 2.05) is 38.1 Å². The number of hydrogen-bond donors (Lipinski definition) is 1. The second-order valence-electron chi connectivity index (χ2n) is 4.06. The molecule has 18 heavy (non-hydrogen) atoms. The molecule has 1 N–H and O–H groups in total. The maximum absolute atomic E-state index is 5.44. The Morgan fingerprint density at radius 3 is 2.56 bits per heavy atom. The molecule has 0 unspecified atom stereocenters. The van der Waals surface area contributed by atoms with Crippen LogP contribution in [0.4, 0.5) is 0 Å². The normalized spacial score (nSPS) is 10.6. The fourth-order valence-corrected chi connectivity index (χ4v) is 1.99. The lowest BCUT2D eigenvalue weighted by Crippen LogP contribution is -1.93. The SMILES string of the molecule is CCOc1ccc(-c2c(COC)n[nH]c2C)cc1. The van der Waals surface area contributed by atoms with Crippen LogP contribution in [0.15, 0.2) is 24.3 Å². The molecule has 0 saturated carbocycles. The van der Waals surface area contributed by atoms with Gasteiger partial charge in [-0.1, -0.05) is 12.1 Å². The Kier molecular flexibility index (Phi) is 3.99. The number of aromatic nitrogens is 2. The van der Waals surface area contributed by atoms with Gasteiger partial charge in [-0.2, -0.15) is 5.10 Å². The number of nitrogens with zero attached hydrogens (tertiary/aromatic N) is 1. The average Bonchev–Trinajstić information content (AvgIpc) is 2.73. The van der Waals surface area contributed by atoms with E-state index in [1.54, 1.807) is 7.11 Å². The highest BCUT2D eigenvalue weighted by Gasteiger charge is 2.12. The fourth-order valence-electron chi connectivity index (χ4n) is 1.99. The van der Waals surface area contributed by atoms with Gasteiger partial charge < -0.3 is 9.47 Å². The van der Waals surface area contributed by atoms with Gasteiger partial charge in [-0.3, -0.25) is 5.10 Å². The molecule has 0 aliphatic heterocycles. The summed E-state index contributed by atoms with van der Waals surface area (Å²) in [6.45, 7) is 5.18. The van der Waals surface area contributed by atoms with Gasteiger partial charge >= 0.3 is 0 Å². The quantitative estimate of drug-likeness (QED) is 0.882. The van der Waals surface area contributed by atoms with Crippen LogP contribution in [-0.2, 0) is 11.3 Å². The molecule has 0 atom stereocenters. The molecular formula is C14H18N2O2. The van der Waals surface area contributed by atoms with Gasteiger partial charge in [0.15, 0.2) is 0 Å². The molecule has 0 spiro atoms. The van der Waals surface area contributed by atoms with E-state index >= 15 is 0 Å². The van der Waals surface area contributed by atoms with Crippen molar-refractivity contribution in [2.45, 2.75) is 20.5 Å². The molecule has 4 heteroatoms. The lowest BCUT2D eigenvalue weighted by molar-refractivity contribution is 0.182. The Bertz CT molecular complexity index is 503. The van der Waals surface area contributed by atoms with E-state index in [2.05, 4.69) is 10.2 Å². The molecule has 0 radical (unpaired) electrons. The van der Waals surface area contributed by atoms with Gasteiger partial charge in [0.05, 0.1) is 18.9 Å². The summed E-state index contributed by atoms with van der Waals surface area (Å²) in [6, 6.07) is 8.04. The molecule has 0 amide bonds. The van der Waals surface area contributed by atoms with E-state index in [4.69, 9.17) is 9.47 Å². The minimum atomic E-state index is 0.507. The minimum Gasteiger partial charge on any atom is -0.494 e. The maximum Gasteiger partial charge on any atom is 0.119 e. The number of hydrogen-bond acceptors (Lipinski definition) is 3. The third-order valence-electron chi connectivity index (χ3n) is 2.76. The van der Waals surface area contributed by atoms with Gasteiger partial charge in [0.25, 0.3) is 0 Å². The number of rotatable bonds is 5. The predicted octanol–water partition coefficient (Wildman–Crippen LogP) is 2.93. The Hall–Kier alpha value is -1.81. The number of methoxy groups -OCH3 is 1.